The average molecular weight is 426 g/mol. The normalized spacial score (nSPS) is 21.3. The van der Waals surface area contributed by atoms with Crippen LogP contribution >= 0.6 is 0 Å². The molecular formula is C23H34F3N3O. The Hall–Kier alpha value is -1.60. The van der Waals surface area contributed by atoms with Crippen molar-refractivity contribution < 1.29 is 18.0 Å². The molecule has 1 heterocycles. The summed E-state index contributed by atoms with van der Waals surface area (Å²) in [7, 11) is 0. The molecule has 0 bridgehead atoms. The Balaban J connectivity index is 1.67. The summed E-state index contributed by atoms with van der Waals surface area (Å²) in [6, 6.07) is 7.40. The number of piperazine rings is 1. The van der Waals surface area contributed by atoms with Crippen molar-refractivity contribution in [3.8, 4) is 0 Å². The molecule has 1 aliphatic carbocycles. The van der Waals surface area contributed by atoms with E-state index >= 15 is 0 Å². The van der Waals surface area contributed by atoms with Crippen molar-refractivity contribution in [1.29, 1.82) is 0 Å². The maximum Gasteiger partial charge on any atom is 0.471 e. The Morgan fingerprint density at radius 2 is 1.57 bits per heavy atom. The summed E-state index contributed by atoms with van der Waals surface area (Å²) in [5, 5.41) is 2.03. The second kappa shape index (κ2) is 8.87. The molecular weight excluding hydrogens is 391 g/mol. The van der Waals surface area contributed by atoms with Crippen LogP contribution in [-0.2, 0) is 4.79 Å². The number of hydrogen-bond donors (Lipinski definition) is 1. The smallest absolute Gasteiger partial charge is 0.342 e. The number of nitrogens with one attached hydrogen (secondary N) is 1. The van der Waals surface area contributed by atoms with Gasteiger partial charge in [0.1, 0.15) is 0 Å². The summed E-state index contributed by atoms with van der Waals surface area (Å²) in [6.07, 6.45) is -1.15. The van der Waals surface area contributed by atoms with Gasteiger partial charge in [0.2, 0.25) is 0 Å². The SMILES string of the molecule is C[C@H](NC(=O)C(F)(F)F)c1ccc(C(CC2CC2)N2CCN(C(C)(C)C)CC2)cc1. The van der Waals surface area contributed by atoms with Gasteiger partial charge in [-0.15, -0.1) is 0 Å². The van der Waals surface area contributed by atoms with Gasteiger partial charge < -0.3 is 5.32 Å². The molecule has 1 N–H and O–H groups in total. The lowest BCUT2D eigenvalue weighted by molar-refractivity contribution is -0.174. The fourth-order valence-corrected chi connectivity index (χ4v) is 4.24. The number of benzene rings is 1. The molecule has 0 radical (unpaired) electrons. The first-order valence-electron chi connectivity index (χ1n) is 10.9. The molecule has 3 rings (SSSR count). The number of halogens is 3. The Bertz CT molecular complexity index is 715. The van der Waals surface area contributed by atoms with E-state index in [-0.39, 0.29) is 5.54 Å². The fraction of sp³-hybridized carbons (Fsp3) is 0.696. The minimum absolute atomic E-state index is 0.177. The van der Waals surface area contributed by atoms with Crippen molar-refractivity contribution in [2.75, 3.05) is 26.2 Å². The predicted molar refractivity (Wildman–Crippen MR) is 112 cm³/mol. The Morgan fingerprint density at radius 1 is 1.03 bits per heavy atom. The van der Waals surface area contributed by atoms with E-state index in [9.17, 15) is 18.0 Å². The quantitative estimate of drug-likeness (QED) is 0.719. The van der Waals surface area contributed by atoms with Gasteiger partial charge in [-0.1, -0.05) is 37.1 Å². The van der Waals surface area contributed by atoms with Crippen LogP contribution in [0.15, 0.2) is 24.3 Å². The van der Waals surface area contributed by atoms with Crippen LogP contribution in [0.4, 0.5) is 13.2 Å². The van der Waals surface area contributed by atoms with Gasteiger partial charge in [-0.2, -0.15) is 13.2 Å². The van der Waals surface area contributed by atoms with E-state index in [1.54, 1.807) is 6.92 Å². The molecule has 168 valence electrons. The van der Waals surface area contributed by atoms with E-state index in [1.807, 2.05) is 29.6 Å². The Labute approximate surface area is 177 Å². The number of amides is 1. The van der Waals surface area contributed by atoms with Gasteiger partial charge in [0.25, 0.3) is 0 Å². The molecule has 2 aliphatic rings. The van der Waals surface area contributed by atoms with Gasteiger partial charge in [-0.05, 0) is 51.2 Å². The standard InChI is InChI=1S/C23H34F3N3O/c1-16(27-21(30)23(24,25)26)18-7-9-19(10-8-18)20(15-17-5-6-17)28-11-13-29(14-12-28)22(2,3)4/h7-10,16-17,20H,5-6,11-15H2,1-4H3,(H,27,30)/t16-,20?/m0/s1. The number of carbonyl (C=O) groups is 1. The van der Waals surface area contributed by atoms with E-state index in [2.05, 4.69) is 30.6 Å². The van der Waals surface area contributed by atoms with Gasteiger partial charge in [0.15, 0.2) is 0 Å². The summed E-state index contributed by atoms with van der Waals surface area (Å²) in [5.41, 5.74) is 2.07. The largest absolute Gasteiger partial charge is 0.471 e. The molecule has 1 aliphatic heterocycles. The molecule has 0 aromatic heterocycles. The third-order valence-corrected chi connectivity index (χ3v) is 6.38. The molecule has 30 heavy (non-hydrogen) atoms. The first kappa shape index (κ1) is 23.1. The van der Waals surface area contributed by atoms with Crippen LogP contribution < -0.4 is 5.32 Å². The van der Waals surface area contributed by atoms with Crippen molar-refractivity contribution in [3.05, 3.63) is 35.4 Å². The van der Waals surface area contributed by atoms with Crippen LogP contribution in [0.3, 0.4) is 0 Å². The molecule has 2 fully saturated rings. The summed E-state index contributed by atoms with van der Waals surface area (Å²) in [4.78, 5) is 16.3. The van der Waals surface area contributed by atoms with Crippen LogP contribution in [0.5, 0.6) is 0 Å². The first-order chi connectivity index (χ1) is 13.9. The zero-order valence-electron chi connectivity index (χ0n) is 18.4. The lowest BCUT2D eigenvalue weighted by Gasteiger charge is -2.45. The lowest BCUT2D eigenvalue weighted by Crippen LogP contribution is -2.54. The highest BCUT2D eigenvalue weighted by atomic mass is 19.4. The first-order valence-corrected chi connectivity index (χ1v) is 10.9. The van der Waals surface area contributed by atoms with Crippen LogP contribution in [0.1, 0.15) is 70.2 Å². The number of hydrogen-bond acceptors (Lipinski definition) is 3. The van der Waals surface area contributed by atoms with Crippen LogP contribution in [0.2, 0.25) is 0 Å². The zero-order chi connectivity index (χ0) is 22.1. The topological polar surface area (TPSA) is 35.6 Å². The predicted octanol–water partition coefficient (Wildman–Crippen LogP) is 4.68. The van der Waals surface area contributed by atoms with Crippen molar-refractivity contribution >= 4 is 5.91 Å². The fourth-order valence-electron chi connectivity index (χ4n) is 4.24. The highest BCUT2D eigenvalue weighted by Crippen LogP contribution is 2.40. The molecule has 1 aromatic carbocycles. The number of rotatable bonds is 6. The van der Waals surface area contributed by atoms with Gasteiger partial charge in [-0.25, -0.2) is 0 Å². The summed E-state index contributed by atoms with van der Waals surface area (Å²) in [6.45, 7) is 12.5. The molecule has 1 saturated heterocycles. The number of alkyl halides is 3. The highest BCUT2D eigenvalue weighted by molar-refractivity contribution is 5.82. The van der Waals surface area contributed by atoms with E-state index in [1.165, 1.54) is 18.4 Å². The van der Waals surface area contributed by atoms with Gasteiger partial charge >= 0.3 is 12.1 Å². The van der Waals surface area contributed by atoms with Gasteiger partial charge in [0, 0.05) is 37.8 Å². The van der Waals surface area contributed by atoms with E-state index in [0.717, 1.165) is 38.5 Å². The minimum Gasteiger partial charge on any atom is -0.342 e. The highest BCUT2D eigenvalue weighted by Gasteiger charge is 2.39. The molecule has 1 aromatic rings. The molecule has 1 saturated carbocycles. The summed E-state index contributed by atoms with van der Waals surface area (Å²) < 4.78 is 37.5. The van der Waals surface area contributed by atoms with Crippen LogP contribution in [0.25, 0.3) is 0 Å². The van der Waals surface area contributed by atoms with Crippen LogP contribution in [-0.4, -0.2) is 53.6 Å². The third-order valence-electron chi connectivity index (χ3n) is 6.38. The van der Waals surface area contributed by atoms with Crippen molar-refractivity contribution in [2.24, 2.45) is 5.92 Å². The summed E-state index contributed by atoms with van der Waals surface area (Å²) in [5.74, 6) is -1.12. The second-order valence-corrected chi connectivity index (χ2v) is 9.75. The number of carbonyl (C=O) groups excluding carboxylic acids is 1. The Morgan fingerprint density at radius 3 is 2.03 bits per heavy atom. The maximum atomic E-state index is 12.5. The van der Waals surface area contributed by atoms with Gasteiger partial charge in [-0.3, -0.25) is 14.6 Å². The van der Waals surface area contributed by atoms with E-state index in [4.69, 9.17) is 0 Å². The Kier molecular flexibility index (Phi) is 6.82. The van der Waals surface area contributed by atoms with E-state index in [0.29, 0.717) is 11.6 Å². The molecule has 0 spiro atoms. The van der Waals surface area contributed by atoms with Crippen LogP contribution in [0, 0.1) is 5.92 Å². The maximum absolute atomic E-state index is 12.5. The molecule has 2 atom stereocenters. The average Bonchev–Trinajstić information content (AvgIpc) is 3.49. The lowest BCUT2D eigenvalue weighted by atomic mass is 9.95. The summed E-state index contributed by atoms with van der Waals surface area (Å²) >= 11 is 0. The van der Waals surface area contributed by atoms with E-state index < -0.39 is 18.1 Å². The number of nitrogens with zero attached hydrogens (tertiary/aromatic N) is 2. The third kappa shape index (κ3) is 5.97. The zero-order valence-corrected chi connectivity index (χ0v) is 18.4. The monoisotopic (exact) mass is 425 g/mol. The molecule has 1 amide bonds. The molecule has 4 nitrogen and oxygen atoms in total. The minimum atomic E-state index is -4.86. The van der Waals surface area contributed by atoms with Crippen molar-refractivity contribution in [1.82, 2.24) is 15.1 Å². The molecule has 7 heteroatoms. The van der Waals surface area contributed by atoms with Gasteiger partial charge in [0.05, 0.1) is 6.04 Å². The second-order valence-electron chi connectivity index (χ2n) is 9.75. The molecule has 1 unspecified atom stereocenters. The van der Waals surface area contributed by atoms with Crippen molar-refractivity contribution in [2.45, 2.75) is 70.8 Å². The van der Waals surface area contributed by atoms with Crippen molar-refractivity contribution in [3.63, 3.8) is 0 Å².